The topological polar surface area (TPSA) is 83.1 Å². The van der Waals surface area contributed by atoms with Gasteiger partial charge in [-0.15, -0.1) is 0 Å². The van der Waals surface area contributed by atoms with E-state index in [2.05, 4.69) is 10.2 Å². The Labute approximate surface area is 133 Å². The maximum atomic E-state index is 14.0. The molecule has 1 amide bonds. The molecule has 1 aliphatic rings. The molecule has 1 atom stereocenters. The van der Waals surface area contributed by atoms with Crippen LogP contribution >= 0.6 is 0 Å². The third-order valence-corrected chi connectivity index (χ3v) is 6.13. The van der Waals surface area contributed by atoms with Crippen LogP contribution in [-0.2, 0) is 9.84 Å². The van der Waals surface area contributed by atoms with Crippen LogP contribution in [0.25, 0.3) is 0 Å². The molecule has 2 heterocycles. The van der Waals surface area contributed by atoms with Gasteiger partial charge in [0.05, 0.1) is 22.8 Å². The Kier molecular flexibility index (Phi) is 4.16. The molecule has 0 aliphatic carbocycles. The van der Waals surface area contributed by atoms with Crippen LogP contribution < -0.4 is 0 Å². The fourth-order valence-corrected chi connectivity index (χ4v) is 4.58. The van der Waals surface area contributed by atoms with Crippen molar-refractivity contribution in [3.63, 3.8) is 0 Å². The molecule has 0 bridgehead atoms. The number of carbonyl (C=O) groups excluding carboxylic acids is 1. The Morgan fingerprint density at radius 3 is 2.78 bits per heavy atom. The van der Waals surface area contributed by atoms with Crippen molar-refractivity contribution < 1.29 is 17.6 Å². The summed E-state index contributed by atoms with van der Waals surface area (Å²) in [5, 5.41) is 5.36. The fourth-order valence-electron chi connectivity index (χ4n) is 2.78. The van der Waals surface area contributed by atoms with Crippen LogP contribution in [0.1, 0.15) is 27.6 Å². The summed E-state index contributed by atoms with van der Waals surface area (Å²) in [5.41, 5.74) is 0.553. The van der Waals surface area contributed by atoms with E-state index in [1.165, 1.54) is 35.5 Å². The van der Waals surface area contributed by atoms with E-state index in [1.54, 1.807) is 6.07 Å². The number of sulfone groups is 1. The van der Waals surface area contributed by atoms with E-state index in [1.807, 2.05) is 0 Å². The molecule has 1 aromatic heterocycles. The molecule has 1 saturated heterocycles. The van der Waals surface area contributed by atoms with E-state index >= 15 is 0 Å². The van der Waals surface area contributed by atoms with Crippen LogP contribution in [-0.4, -0.2) is 48.3 Å². The second kappa shape index (κ2) is 6.11. The van der Waals surface area contributed by atoms with Crippen molar-refractivity contribution in [2.24, 2.45) is 0 Å². The molecule has 8 heteroatoms. The van der Waals surface area contributed by atoms with Crippen molar-refractivity contribution in [3.05, 3.63) is 53.6 Å². The van der Waals surface area contributed by atoms with E-state index in [-0.39, 0.29) is 36.7 Å². The van der Waals surface area contributed by atoms with Crippen molar-refractivity contribution in [1.82, 2.24) is 15.1 Å². The minimum atomic E-state index is -3.53. The normalized spacial score (nSPS) is 20.9. The molecule has 23 heavy (non-hydrogen) atoms. The van der Waals surface area contributed by atoms with Gasteiger partial charge in [-0.3, -0.25) is 9.89 Å². The highest BCUT2D eigenvalue weighted by molar-refractivity contribution is 7.91. The second-order valence-corrected chi connectivity index (χ2v) is 7.75. The Morgan fingerprint density at radius 2 is 2.09 bits per heavy atom. The smallest absolute Gasteiger partial charge is 0.257 e. The van der Waals surface area contributed by atoms with Gasteiger partial charge in [0, 0.05) is 24.8 Å². The Balaban J connectivity index is 1.86. The van der Waals surface area contributed by atoms with Gasteiger partial charge >= 0.3 is 0 Å². The quantitative estimate of drug-likeness (QED) is 0.901. The number of nitrogens with zero attached hydrogens (tertiary/aromatic N) is 2. The first kappa shape index (κ1) is 15.7. The van der Waals surface area contributed by atoms with Crippen LogP contribution in [0.15, 0.2) is 36.7 Å². The maximum Gasteiger partial charge on any atom is 0.257 e. The Bertz CT molecular complexity index is 805. The van der Waals surface area contributed by atoms with Gasteiger partial charge in [-0.1, -0.05) is 18.2 Å². The molecule has 1 aliphatic heterocycles. The number of nitrogens with one attached hydrogen (secondary N) is 1. The predicted octanol–water partition coefficient (Wildman–Crippen LogP) is 1.55. The molecular formula is C15H16FN3O3S. The molecule has 122 valence electrons. The van der Waals surface area contributed by atoms with E-state index in [9.17, 15) is 17.6 Å². The molecule has 1 unspecified atom stereocenters. The summed E-state index contributed by atoms with van der Waals surface area (Å²) < 4.78 is 38.9. The van der Waals surface area contributed by atoms with Gasteiger partial charge in [0.15, 0.2) is 9.84 Å². The molecule has 6 nitrogen and oxygen atoms in total. The lowest BCUT2D eigenvalue weighted by atomic mass is 10.1. The minimum Gasteiger partial charge on any atom is -0.337 e. The third kappa shape index (κ3) is 3.12. The lowest BCUT2D eigenvalue weighted by Gasteiger charge is -2.19. The summed E-state index contributed by atoms with van der Waals surface area (Å²) in [6.45, 7) is 0.347. The summed E-state index contributed by atoms with van der Waals surface area (Å²) >= 11 is 0. The molecule has 1 aromatic carbocycles. The molecule has 1 fully saturated rings. The molecule has 0 radical (unpaired) electrons. The molecule has 1 N–H and O–H groups in total. The number of H-pyrrole nitrogens is 1. The van der Waals surface area contributed by atoms with Gasteiger partial charge in [-0.2, -0.15) is 5.10 Å². The molecule has 0 saturated carbocycles. The van der Waals surface area contributed by atoms with Crippen molar-refractivity contribution in [2.75, 3.05) is 18.8 Å². The summed E-state index contributed by atoms with van der Waals surface area (Å²) in [4.78, 5) is 13.8. The van der Waals surface area contributed by atoms with Crippen molar-refractivity contribution in [1.29, 1.82) is 0 Å². The standard InChI is InChI=1S/C15H16FN3O3S/c16-13-4-2-1-3-12(13)14-5-6-19(7-8-23(14,21)22)15(20)11-9-17-18-10-11/h1-4,9-10,14H,5-8H2,(H,17,18). The zero-order valence-corrected chi connectivity index (χ0v) is 13.1. The Hall–Kier alpha value is -2.22. The summed E-state index contributed by atoms with van der Waals surface area (Å²) in [6, 6.07) is 5.89. The van der Waals surface area contributed by atoms with Crippen LogP contribution in [0.5, 0.6) is 0 Å². The van der Waals surface area contributed by atoms with Crippen molar-refractivity contribution in [2.45, 2.75) is 11.7 Å². The number of aromatic amines is 1. The molecule has 2 aromatic rings. The first-order valence-corrected chi connectivity index (χ1v) is 8.94. The maximum absolute atomic E-state index is 14.0. The van der Waals surface area contributed by atoms with Gasteiger partial charge in [0.25, 0.3) is 5.91 Å². The second-order valence-electron chi connectivity index (χ2n) is 5.44. The lowest BCUT2D eigenvalue weighted by Crippen LogP contribution is -2.33. The van der Waals surface area contributed by atoms with E-state index in [4.69, 9.17) is 0 Å². The van der Waals surface area contributed by atoms with Gasteiger partial charge in [0.1, 0.15) is 5.82 Å². The van der Waals surface area contributed by atoms with Crippen LogP contribution in [0, 0.1) is 5.82 Å². The lowest BCUT2D eigenvalue weighted by molar-refractivity contribution is 0.0766. The SMILES string of the molecule is O=C(c1cn[nH]c1)N1CCC(c2ccccc2F)S(=O)(=O)CC1. The number of aromatic nitrogens is 2. The minimum absolute atomic E-state index is 0.0945. The fraction of sp³-hybridized carbons (Fsp3) is 0.333. The zero-order chi connectivity index (χ0) is 16.4. The number of benzene rings is 1. The zero-order valence-electron chi connectivity index (χ0n) is 12.3. The summed E-state index contributed by atoms with van der Waals surface area (Å²) in [5.74, 6) is -0.992. The number of hydrogen-bond donors (Lipinski definition) is 1. The summed E-state index contributed by atoms with van der Waals surface area (Å²) in [7, 11) is -3.53. The van der Waals surface area contributed by atoms with E-state index < -0.39 is 20.9 Å². The first-order chi connectivity index (χ1) is 11.0. The van der Waals surface area contributed by atoms with Crippen LogP contribution in [0.3, 0.4) is 0 Å². The number of halogens is 1. The van der Waals surface area contributed by atoms with E-state index in [0.717, 1.165) is 0 Å². The largest absolute Gasteiger partial charge is 0.337 e. The van der Waals surface area contributed by atoms with Gasteiger partial charge < -0.3 is 4.90 Å². The molecular weight excluding hydrogens is 321 g/mol. The van der Waals surface area contributed by atoms with Crippen LogP contribution in [0.2, 0.25) is 0 Å². The highest BCUT2D eigenvalue weighted by atomic mass is 32.2. The first-order valence-electron chi connectivity index (χ1n) is 7.23. The predicted molar refractivity (Wildman–Crippen MR) is 82.0 cm³/mol. The number of amides is 1. The highest BCUT2D eigenvalue weighted by Crippen LogP contribution is 2.31. The monoisotopic (exact) mass is 337 g/mol. The average molecular weight is 337 g/mol. The number of carbonyl (C=O) groups is 1. The van der Waals surface area contributed by atoms with Crippen molar-refractivity contribution in [3.8, 4) is 0 Å². The van der Waals surface area contributed by atoms with Gasteiger partial charge in [-0.25, -0.2) is 12.8 Å². The Morgan fingerprint density at radius 1 is 1.30 bits per heavy atom. The molecule has 0 spiro atoms. The summed E-state index contributed by atoms with van der Waals surface area (Å²) in [6.07, 6.45) is 3.04. The van der Waals surface area contributed by atoms with Crippen molar-refractivity contribution >= 4 is 15.7 Å². The van der Waals surface area contributed by atoms with E-state index in [0.29, 0.717) is 5.56 Å². The number of rotatable bonds is 2. The van der Waals surface area contributed by atoms with Gasteiger partial charge in [-0.05, 0) is 12.5 Å². The van der Waals surface area contributed by atoms with Gasteiger partial charge in [0.2, 0.25) is 0 Å². The number of hydrogen-bond acceptors (Lipinski definition) is 4. The average Bonchev–Trinajstić information content (AvgIpc) is 3.00. The highest BCUT2D eigenvalue weighted by Gasteiger charge is 2.34. The third-order valence-electron chi connectivity index (χ3n) is 4.02. The molecule has 3 rings (SSSR count). The van der Waals surface area contributed by atoms with Crippen LogP contribution in [0.4, 0.5) is 4.39 Å².